The number of nitrogens with zero attached hydrogens (tertiary/aromatic N) is 1. The van der Waals surface area contributed by atoms with Crippen LogP contribution >= 0.6 is 11.3 Å². The van der Waals surface area contributed by atoms with Gasteiger partial charge in [-0.15, -0.1) is 11.3 Å². The van der Waals surface area contributed by atoms with Gasteiger partial charge in [0.05, 0.1) is 0 Å². The molecule has 0 aliphatic carbocycles. The van der Waals surface area contributed by atoms with Crippen LogP contribution in [0.15, 0.2) is 47.8 Å². The molecule has 29 heavy (non-hydrogen) atoms. The van der Waals surface area contributed by atoms with Crippen LogP contribution in [0.1, 0.15) is 23.0 Å². The molecule has 1 aliphatic heterocycles. The Labute approximate surface area is 170 Å². The van der Waals surface area contributed by atoms with Gasteiger partial charge in [0.2, 0.25) is 12.7 Å². The zero-order chi connectivity index (χ0) is 20.2. The van der Waals surface area contributed by atoms with Crippen LogP contribution in [0, 0.1) is 0 Å². The molecule has 0 atom stereocenters. The molecular formula is C20H18N4O4S. The quantitative estimate of drug-likeness (QED) is 0.573. The van der Waals surface area contributed by atoms with E-state index < -0.39 is 0 Å². The molecule has 9 heteroatoms. The molecule has 1 aromatic heterocycles. The van der Waals surface area contributed by atoms with Crippen molar-refractivity contribution >= 4 is 39.7 Å². The summed E-state index contributed by atoms with van der Waals surface area (Å²) in [5.74, 6) is 1.02. The van der Waals surface area contributed by atoms with Gasteiger partial charge in [0, 0.05) is 30.2 Å². The first kappa shape index (κ1) is 18.8. The molecule has 2 heterocycles. The van der Waals surface area contributed by atoms with E-state index in [9.17, 15) is 9.59 Å². The number of hydrogen-bond acceptors (Lipinski definition) is 7. The fourth-order valence-electron chi connectivity index (χ4n) is 2.72. The van der Waals surface area contributed by atoms with Gasteiger partial charge in [-0.3, -0.25) is 9.59 Å². The lowest BCUT2D eigenvalue weighted by atomic mass is 10.2. The molecule has 0 bridgehead atoms. The van der Waals surface area contributed by atoms with Crippen LogP contribution in [-0.4, -0.2) is 23.6 Å². The zero-order valence-electron chi connectivity index (χ0n) is 15.5. The van der Waals surface area contributed by atoms with Crippen molar-refractivity contribution in [2.24, 2.45) is 0 Å². The summed E-state index contributed by atoms with van der Waals surface area (Å²) in [7, 11) is 0. The lowest BCUT2D eigenvalue weighted by molar-refractivity contribution is -0.114. The molecule has 0 radical (unpaired) electrons. The van der Waals surface area contributed by atoms with Crippen molar-refractivity contribution in [3.63, 3.8) is 0 Å². The molecule has 0 saturated heterocycles. The first-order valence-electron chi connectivity index (χ1n) is 8.84. The van der Waals surface area contributed by atoms with E-state index in [4.69, 9.17) is 9.47 Å². The summed E-state index contributed by atoms with van der Waals surface area (Å²) in [6.45, 7) is 2.24. The Balaban J connectivity index is 1.33. The highest BCUT2D eigenvalue weighted by atomic mass is 32.1. The molecule has 3 aromatic rings. The van der Waals surface area contributed by atoms with Gasteiger partial charge in [-0.2, -0.15) is 0 Å². The number of fused-ring (bicyclic) bond motifs is 1. The standard InChI is InChI=1S/C20H18N4O4S/c1-12(25)22-14-3-5-15(6-4-14)23-19(26)16-10-29-20(24-16)21-9-13-2-7-17-18(8-13)28-11-27-17/h2-8,10H,9,11H2,1H3,(H,21,24)(H,22,25)(H,23,26). The summed E-state index contributed by atoms with van der Waals surface area (Å²) in [6.07, 6.45) is 0. The number of ether oxygens (including phenoxy) is 2. The molecule has 1 aliphatic rings. The molecule has 4 rings (SSSR count). The number of aromatic nitrogens is 1. The van der Waals surface area contributed by atoms with E-state index in [1.54, 1.807) is 29.6 Å². The van der Waals surface area contributed by atoms with Gasteiger partial charge in [0.25, 0.3) is 5.91 Å². The van der Waals surface area contributed by atoms with E-state index >= 15 is 0 Å². The van der Waals surface area contributed by atoms with Crippen molar-refractivity contribution in [1.82, 2.24) is 4.98 Å². The number of carbonyl (C=O) groups excluding carboxylic acids is 2. The maximum Gasteiger partial charge on any atom is 0.275 e. The van der Waals surface area contributed by atoms with E-state index in [1.165, 1.54) is 18.3 Å². The van der Waals surface area contributed by atoms with Gasteiger partial charge in [0.1, 0.15) is 5.69 Å². The molecule has 2 amide bonds. The Morgan fingerprint density at radius 1 is 1.03 bits per heavy atom. The molecule has 148 valence electrons. The first-order chi connectivity index (χ1) is 14.1. The highest BCUT2D eigenvalue weighted by Crippen LogP contribution is 2.32. The van der Waals surface area contributed by atoms with Crippen LogP contribution in [0.3, 0.4) is 0 Å². The second-order valence-electron chi connectivity index (χ2n) is 6.29. The molecule has 0 spiro atoms. The molecule has 3 N–H and O–H groups in total. The topological polar surface area (TPSA) is 102 Å². The Morgan fingerprint density at radius 2 is 1.76 bits per heavy atom. The van der Waals surface area contributed by atoms with Crippen molar-refractivity contribution in [3.05, 3.63) is 59.1 Å². The van der Waals surface area contributed by atoms with Gasteiger partial charge in [-0.1, -0.05) is 6.07 Å². The summed E-state index contributed by atoms with van der Waals surface area (Å²) in [6, 6.07) is 12.6. The van der Waals surface area contributed by atoms with Crippen LogP contribution in [-0.2, 0) is 11.3 Å². The average Bonchev–Trinajstić information content (AvgIpc) is 3.36. The van der Waals surface area contributed by atoms with E-state index in [-0.39, 0.29) is 18.6 Å². The molecular weight excluding hydrogens is 392 g/mol. The number of amides is 2. The fourth-order valence-corrected chi connectivity index (χ4v) is 3.41. The third-order valence-corrected chi connectivity index (χ3v) is 4.88. The molecule has 2 aromatic carbocycles. The van der Waals surface area contributed by atoms with Gasteiger partial charge >= 0.3 is 0 Å². The van der Waals surface area contributed by atoms with Gasteiger partial charge in [-0.25, -0.2) is 4.98 Å². The molecule has 8 nitrogen and oxygen atoms in total. The maximum atomic E-state index is 12.4. The largest absolute Gasteiger partial charge is 0.454 e. The summed E-state index contributed by atoms with van der Waals surface area (Å²) < 4.78 is 10.7. The van der Waals surface area contributed by atoms with Crippen LogP contribution in [0.5, 0.6) is 11.5 Å². The second kappa shape index (κ2) is 8.19. The molecule has 0 saturated carbocycles. The maximum absolute atomic E-state index is 12.4. The first-order valence-corrected chi connectivity index (χ1v) is 9.72. The number of nitrogens with one attached hydrogen (secondary N) is 3. The van der Waals surface area contributed by atoms with Crippen LogP contribution in [0.25, 0.3) is 0 Å². The number of rotatable bonds is 6. The monoisotopic (exact) mass is 410 g/mol. The average molecular weight is 410 g/mol. The highest BCUT2D eigenvalue weighted by Gasteiger charge is 2.14. The van der Waals surface area contributed by atoms with E-state index in [1.807, 2.05) is 18.2 Å². The van der Waals surface area contributed by atoms with Crippen molar-refractivity contribution in [2.75, 3.05) is 22.7 Å². The highest BCUT2D eigenvalue weighted by molar-refractivity contribution is 7.13. The Bertz CT molecular complexity index is 1050. The van der Waals surface area contributed by atoms with Crippen molar-refractivity contribution in [2.45, 2.75) is 13.5 Å². The third kappa shape index (κ3) is 4.64. The van der Waals surface area contributed by atoms with Crippen LogP contribution < -0.4 is 25.4 Å². The SMILES string of the molecule is CC(=O)Nc1ccc(NC(=O)c2csc(NCc3ccc4c(c3)OCO4)n2)cc1. The molecule has 0 fully saturated rings. The minimum absolute atomic E-state index is 0.148. The predicted molar refractivity (Wildman–Crippen MR) is 111 cm³/mol. The van der Waals surface area contributed by atoms with Crippen LogP contribution in [0.4, 0.5) is 16.5 Å². The Hall–Kier alpha value is -3.59. The van der Waals surface area contributed by atoms with Crippen molar-refractivity contribution in [3.8, 4) is 11.5 Å². The van der Waals surface area contributed by atoms with E-state index in [2.05, 4.69) is 20.9 Å². The minimum atomic E-state index is -0.301. The normalized spacial score (nSPS) is 11.8. The lowest BCUT2D eigenvalue weighted by Crippen LogP contribution is -2.12. The molecule has 0 unspecified atom stereocenters. The summed E-state index contributed by atoms with van der Waals surface area (Å²) in [5, 5.41) is 11.0. The number of hydrogen-bond donors (Lipinski definition) is 3. The lowest BCUT2D eigenvalue weighted by Gasteiger charge is -2.06. The number of carbonyl (C=O) groups is 2. The summed E-state index contributed by atoms with van der Waals surface area (Å²) >= 11 is 1.36. The van der Waals surface area contributed by atoms with Gasteiger partial charge < -0.3 is 25.4 Å². The van der Waals surface area contributed by atoms with Gasteiger partial charge in [-0.05, 0) is 42.0 Å². The Kier molecular flexibility index (Phi) is 5.30. The Morgan fingerprint density at radius 3 is 2.52 bits per heavy atom. The van der Waals surface area contributed by atoms with E-state index in [0.29, 0.717) is 28.7 Å². The summed E-state index contributed by atoms with van der Waals surface area (Å²) in [4.78, 5) is 27.8. The fraction of sp³-hybridized carbons (Fsp3) is 0.150. The van der Waals surface area contributed by atoms with Crippen molar-refractivity contribution in [1.29, 1.82) is 0 Å². The van der Waals surface area contributed by atoms with Gasteiger partial charge in [0.15, 0.2) is 16.6 Å². The van der Waals surface area contributed by atoms with Crippen LogP contribution in [0.2, 0.25) is 0 Å². The number of thiazole rings is 1. The zero-order valence-corrected chi connectivity index (χ0v) is 16.3. The number of anilines is 3. The smallest absolute Gasteiger partial charge is 0.275 e. The second-order valence-corrected chi connectivity index (χ2v) is 7.15. The minimum Gasteiger partial charge on any atom is -0.454 e. The van der Waals surface area contributed by atoms with E-state index in [0.717, 1.165) is 17.1 Å². The third-order valence-electron chi connectivity index (χ3n) is 4.08. The number of benzene rings is 2. The predicted octanol–water partition coefficient (Wildman–Crippen LogP) is 3.69. The summed E-state index contributed by atoms with van der Waals surface area (Å²) in [5.41, 5.74) is 2.63. The van der Waals surface area contributed by atoms with Crippen molar-refractivity contribution < 1.29 is 19.1 Å².